The van der Waals surface area contributed by atoms with E-state index in [1.165, 1.54) is 51.0 Å². The van der Waals surface area contributed by atoms with Gasteiger partial charge in [-0.05, 0) is 31.6 Å². The molecule has 1 unspecified atom stereocenters. The first-order chi connectivity index (χ1) is 8.41. The second kappa shape index (κ2) is 7.69. The molecule has 0 heterocycles. The maximum atomic E-state index is 2.67. The lowest BCUT2D eigenvalue weighted by Crippen LogP contribution is -2.30. The van der Waals surface area contributed by atoms with Crippen molar-refractivity contribution < 1.29 is 0 Å². The van der Waals surface area contributed by atoms with E-state index in [2.05, 4.69) is 38.8 Å². The van der Waals surface area contributed by atoms with Gasteiger partial charge in [-0.2, -0.15) is 0 Å². The van der Waals surface area contributed by atoms with Gasteiger partial charge in [0, 0.05) is 8.80 Å². The van der Waals surface area contributed by atoms with E-state index in [0.29, 0.717) is 0 Å². The summed E-state index contributed by atoms with van der Waals surface area (Å²) in [6, 6.07) is 1.51. The van der Waals surface area contributed by atoms with Crippen molar-refractivity contribution in [3.8, 4) is 0 Å². The quantitative estimate of drug-likeness (QED) is 0.562. The summed E-state index contributed by atoms with van der Waals surface area (Å²) in [5.74, 6) is 0.940. The largest absolute Gasteiger partial charge is 0.0889 e. The van der Waals surface area contributed by atoms with E-state index >= 15 is 0 Å². The summed E-state index contributed by atoms with van der Waals surface area (Å²) in [4.78, 5) is 0. The molecule has 18 heavy (non-hydrogen) atoms. The first-order valence-electron chi connectivity index (χ1n) is 7.91. The molecule has 0 aliphatic heterocycles. The van der Waals surface area contributed by atoms with Crippen LogP contribution in [0.15, 0.2) is 11.3 Å². The summed E-state index contributed by atoms with van der Waals surface area (Å²) in [5.41, 5.74) is 0. The van der Waals surface area contributed by atoms with Gasteiger partial charge in [0.25, 0.3) is 0 Å². The van der Waals surface area contributed by atoms with Gasteiger partial charge in [-0.15, -0.1) is 0 Å². The fourth-order valence-corrected chi connectivity index (χ4v) is 6.35. The molecule has 0 nitrogen and oxygen atoms in total. The van der Waals surface area contributed by atoms with Crippen molar-refractivity contribution in [3.05, 3.63) is 11.3 Å². The Labute approximate surface area is 118 Å². The highest BCUT2D eigenvalue weighted by Gasteiger charge is 2.26. The Balaban J connectivity index is 2.77. The van der Waals surface area contributed by atoms with Gasteiger partial charge < -0.3 is 0 Å². The molecular weight excluding hydrogens is 248 g/mol. The lowest BCUT2D eigenvalue weighted by atomic mass is 9.98. The molecule has 1 atom stereocenters. The molecule has 2 heteroatoms. The molecule has 1 radical (unpaired) electrons. The smallest absolute Gasteiger partial charge is 0.0723 e. The zero-order chi connectivity index (χ0) is 13.6. The lowest BCUT2D eigenvalue weighted by Gasteiger charge is -2.30. The fraction of sp³-hybridized carbons (Fsp3) is 0.875. The summed E-state index contributed by atoms with van der Waals surface area (Å²) in [5, 5.41) is 1.91. The van der Waals surface area contributed by atoms with Gasteiger partial charge in [-0.25, -0.2) is 0 Å². The molecule has 0 aromatic heterocycles. The van der Waals surface area contributed by atoms with Gasteiger partial charge in [0.05, 0.1) is 8.07 Å². The van der Waals surface area contributed by atoms with Crippen molar-refractivity contribution in [3.63, 3.8) is 0 Å². The van der Waals surface area contributed by atoms with Crippen LogP contribution in [0.1, 0.15) is 44.9 Å². The zero-order valence-corrected chi connectivity index (χ0v) is 15.3. The van der Waals surface area contributed by atoms with Gasteiger partial charge >= 0.3 is 0 Å². The standard InChI is InChI=1S/C16H33Si2/c1-17(2)14-13-15-11-9-7-6-8-10-12-16(15)18(3,4)5/h12,15H,6-11,13-14H2,1-5H3/b16-12+. The molecule has 0 saturated heterocycles. The van der Waals surface area contributed by atoms with E-state index < -0.39 is 8.07 Å². The van der Waals surface area contributed by atoms with Gasteiger partial charge in [0.2, 0.25) is 0 Å². The van der Waals surface area contributed by atoms with Crippen molar-refractivity contribution in [1.82, 2.24) is 0 Å². The Kier molecular flexibility index (Phi) is 6.93. The van der Waals surface area contributed by atoms with Crippen LogP contribution >= 0.6 is 0 Å². The van der Waals surface area contributed by atoms with E-state index in [9.17, 15) is 0 Å². The molecule has 1 aliphatic rings. The lowest BCUT2D eigenvalue weighted by molar-refractivity contribution is 0.513. The molecule has 0 fully saturated rings. The molecule has 1 aliphatic carbocycles. The predicted molar refractivity (Wildman–Crippen MR) is 89.5 cm³/mol. The van der Waals surface area contributed by atoms with Crippen molar-refractivity contribution in [1.29, 1.82) is 0 Å². The highest BCUT2D eigenvalue weighted by atomic mass is 28.3. The Hall–Kier alpha value is 0.174. The first-order valence-corrected chi connectivity index (χ1v) is 14.1. The van der Waals surface area contributed by atoms with Crippen molar-refractivity contribution >= 4 is 16.9 Å². The number of allylic oxidation sites excluding steroid dienone is 2. The monoisotopic (exact) mass is 281 g/mol. The van der Waals surface area contributed by atoms with Gasteiger partial charge in [-0.1, -0.05) is 69.3 Å². The summed E-state index contributed by atoms with van der Waals surface area (Å²) in [6.45, 7) is 12.6. The summed E-state index contributed by atoms with van der Waals surface area (Å²) >= 11 is 0. The minimum Gasteiger partial charge on any atom is -0.0889 e. The van der Waals surface area contributed by atoms with Gasteiger partial charge in [0.15, 0.2) is 0 Å². The number of rotatable bonds is 4. The molecule has 0 N–H and O–H groups in total. The van der Waals surface area contributed by atoms with Crippen LogP contribution in [-0.4, -0.2) is 16.9 Å². The van der Waals surface area contributed by atoms with Crippen LogP contribution < -0.4 is 0 Å². The average molecular weight is 282 g/mol. The van der Waals surface area contributed by atoms with Crippen LogP contribution in [0.5, 0.6) is 0 Å². The van der Waals surface area contributed by atoms with Crippen LogP contribution in [0.25, 0.3) is 0 Å². The molecular formula is C16H33Si2. The van der Waals surface area contributed by atoms with E-state index in [4.69, 9.17) is 0 Å². The minimum absolute atomic E-state index is 0.0430. The molecule has 0 amide bonds. The van der Waals surface area contributed by atoms with E-state index in [1.807, 2.05) is 5.20 Å². The van der Waals surface area contributed by atoms with Crippen LogP contribution in [-0.2, 0) is 0 Å². The molecule has 0 aromatic rings. The van der Waals surface area contributed by atoms with E-state index in [1.54, 1.807) is 0 Å². The summed E-state index contributed by atoms with van der Waals surface area (Å²) < 4.78 is 0. The minimum atomic E-state index is -1.10. The third kappa shape index (κ3) is 5.88. The first kappa shape index (κ1) is 16.2. The SMILES string of the molecule is C[Si](C)CCC1CCCCCC/C=C\1[Si](C)(C)C. The van der Waals surface area contributed by atoms with Crippen LogP contribution in [0.2, 0.25) is 38.8 Å². The van der Waals surface area contributed by atoms with Crippen LogP contribution in [0.4, 0.5) is 0 Å². The van der Waals surface area contributed by atoms with E-state index in [0.717, 1.165) is 5.92 Å². The van der Waals surface area contributed by atoms with Crippen molar-refractivity contribution in [2.75, 3.05) is 0 Å². The maximum absolute atomic E-state index is 2.67. The Morgan fingerprint density at radius 3 is 2.39 bits per heavy atom. The molecule has 0 bridgehead atoms. The van der Waals surface area contributed by atoms with Crippen LogP contribution in [0, 0.1) is 5.92 Å². The highest BCUT2D eigenvalue weighted by Crippen LogP contribution is 2.33. The summed E-state index contributed by atoms with van der Waals surface area (Å²) in [6.07, 6.45) is 12.8. The van der Waals surface area contributed by atoms with Gasteiger partial charge in [-0.3, -0.25) is 0 Å². The Morgan fingerprint density at radius 1 is 1.11 bits per heavy atom. The molecule has 1 rings (SSSR count). The predicted octanol–water partition coefficient (Wildman–Crippen LogP) is 5.91. The molecule has 105 valence electrons. The van der Waals surface area contributed by atoms with Gasteiger partial charge in [0.1, 0.15) is 0 Å². The van der Waals surface area contributed by atoms with Crippen molar-refractivity contribution in [2.24, 2.45) is 5.92 Å². The Morgan fingerprint density at radius 2 is 1.78 bits per heavy atom. The molecule has 0 spiro atoms. The highest BCUT2D eigenvalue weighted by molar-refractivity contribution is 6.83. The second-order valence-corrected chi connectivity index (χ2v) is 15.3. The van der Waals surface area contributed by atoms with E-state index in [-0.39, 0.29) is 8.80 Å². The third-order valence-corrected chi connectivity index (χ3v) is 7.80. The van der Waals surface area contributed by atoms with Crippen LogP contribution in [0.3, 0.4) is 0 Å². The number of hydrogen-bond acceptors (Lipinski definition) is 0. The number of hydrogen-bond donors (Lipinski definition) is 0. The molecule has 0 aromatic carbocycles. The average Bonchev–Trinajstić information content (AvgIpc) is 2.36. The molecule has 0 saturated carbocycles. The van der Waals surface area contributed by atoms with Crippen molar-refractivity contribution in [2.45, 2.75) is 83.7 Å². The topological polar surface area (TPSA) is 0 Å². The summed E-state index contributed by atoms with van der Waals surface area (Å²) in [7, 11) is -1.14. The normalized spacial score (nSPS) is 26.1. The zero-order valence-electron chi connectivity index (χ0n) is 13.3. The Bertz CT molecular complexity index is 261. The third-order valence-electron chi connectivity index (χ3n) is 4.17. The second-order valence-electron chi connectivity index (χ2n) is 7.34. The fourth-order valence-electron chi connectivity index (χ4n) is 3.15. The maximum Gasteiger partial charge on any atom is 0.0723 e.